The number of nitrogens with zero attached hydrogens (tertiary/aromatic N) is 2. The lowest BCUT2D eigenvalue weighted by molar-refractivity contribution is -0.123. The van der Waals surface area contributed by atoms with Crippen LogP contribution in [-0.2, 0) is 4.79 Å². The van der Waals surface area contributed by atoms with Crippen molar-refractivity contribution in [2.45, 2.75) is 6.92 Å². The molecule has 1 amide bonds. The van der Waals surface area contributed by atoms with Crippen molar-refractivity contribution in [1.29, 1.82) is 0 Å². The standard InChI is InChI=1S/C22H17N3O5/c1-14-6-7-19-17(10-14)22(27)15(12-28-19)11-23-25-21(26)13-29-18-5-3-2-4-16(18)20-8-9-24-30-20/h2-12H,13H2,1H3,(H,25,26)/b23-11+. The number of fused-ring (bicyclic) bond motifs is 1. The zero-order valence-corrected chi connectivity index (χ0v) is 16.0. The number of aryl methyl sites for hydroxylation is 1. The number of nitrogens with one attached hydrogen (secondary N) is 1. The maximum Gasteiger partial charge on any atom is 0.277 e. The van der Waals surface area contributed by atoms with Gasteiger partial charge in [-0.3, -0.25) is 9.59 Å². The minimum Gasteiger partial charge on any atom is -0.483 e. The van der Waals surface area contributed by atoms with Crippen LogP contribution in [-0.4, -0.2) is 23.9 Å². The Labute approximate surface area is 170 Å². The number of carbonyl (C=O) groups is 1. The lowest BCUT2D eigenvalue weighted by Crippen LogP contribution is -2.25. The first kappa shape index (κ1) is 19.1. The second-order valence-electron chi connectivity index (χ2n) is 6.47. The van der Waals surface area contributed by atoms with E-state index in [1.54, 1.807) is 36.4 Å². The number of para-hydroxylation sites is 1. The van der Waals surface area contributed by atoms with E-state index in [0.717, 1.165) is 5.56 Å². The fourth-order valence-corrected chi connectivity index (χ4v) is 2.85. The minimum atomic E-state index is -0.486. The predicted octanol–water partition coefficient (Wildman–Crippen LogP) is 3.29. The van der Waals surface area contributed by atoms with Gasteiger partial charge in [0.1, 0.15) is 17.6 Å². The number of hydrogen-bond acceptors (Lipinski definition) is 7. The molecule has 2 heterocycles. The summed E-state index contributed by atoms with van der Waals surface area (Å²) < 4.78 is 16.2. The number of benzene rings is 2. The van der Waals surface area contributed by atoms with Crippen molar-refractivity contribution in [2.24, 2.45) is 5.10 Å². The highest BCUT2D eigenvalue weighted by Crippen LogP contribution is 2.29. The van der Waals surface area contributed by atoms with Crippen LogP contribution in [0.4, 0.5) is 0 Å². The quantitative estimate of drug-likeness (QED) is 0.391. The zero-order chi connectivity index (χ0) is 20.9. The van der Waals surface area contributed by atoms with Gasteiger partial charge in [-0.05, 0) is 31.2 Å². The number of carbonyl (C=O) groups excluding carboxylic acids is 1. The van der Waals surface area contributed by atoms with Crippen LogP contribution in [0.3, 0.4) is 0 Å². The molecule has 0 atom stereocenters. The van der Waals surface area contributed by atoms with E-state index in [9.17, 15) is 9.59 Å². The molecular formula is C22H17N3O5. The zero-order valence-electron chi connectivity index (χ0n) is 16.0. The van der Waals surface area contributed by atoms with Crippen molar-refractivity contribution in [3.63, 3.8) is 0 Å². The summed E-state index contributed by atoms with van der Waals surface area (Å²) in [6.45, 7) is 1.62. The third-order valence-electron chi connectivity index (χ3n) is 4.30. The Morgan fingerprint density at radius 2 is 2.10 bits per heavy atom. The van der Waals surface area contributed by atoms with Crippen LogP contribution in [0, 0.1) is 6.92 Å². The number of hydrogen-bond donors (Lipinski definition) is 1. The van der Waals surface area contributed by atoms with Crippen LogP contribution in [0.15, 0.2) is 79.8 Å². The summed E-state index contributed by atoms with van der Waals surface area (Å²) in [5, 5.41) is 7.95. The first-order valence-corrected chi connectivity index (χ1v) is 9.09. The lowest BCUT2D eigenvalue weighted by atomic mass is 10.1. The van der Waals surface area contributed by atoms with E-state index in [1.807, 2.05) is 19.1 Å². The smallest absolute Gasteiger partial charge is 0.277 e. The highest BCUT2D eigenvalue weighted by atomic mass is 16.5. The van der Waals surface area contributed by atoms with E-state index in [0.29, 0.717) is 28.0 Å². The van der Waals surface area contributed by atoms with Gasteiger partial charge in [-0.25, -0.2) is 5.43 Å². The summed E-state index contributed by atoms with van der Waals surface area (Å²) in [6.07, 6.45) is 4.08. The molecule has 0 aliphatic heterocycles. The van der Waals surface area contributed by atoms with Gasteiger partial charge >= 0.3 is 0 Å². The Balaban J connectivity index is 1.40. The molecule has 0 spiro atoms. The molecule has 0 aliphatic carbocycles. The third-order valence-corrected chi connectivity index (χ3v) is 4.30. The summed E-state index contributed by atoms with van der Waals surface area (Å²) in [5.74, 6) is 0.515. The van der Waals surface area contributed by atoms with Crippen LogP contribution in [0.2, 0.25) is 0 Å². The molecule has 0 bridgehead atoms. The van der Waals surface area contributed by atoms with E-state index >= 15 is 0 Å². The molecule has 0 saturated carbocycles. The van der Waals surface area contributed by atoms with Crippen LogP contribution in [0.25, 0.3) is 22.3 Å². The molecule has 0 radical (unpaired) electrons. The lowest BCUT2D eigenvalue weighted by Gasteiger charge is -2.08. The molecular weight excluding hydrogens is 386 g/mol. The Morgan fingerprint density at radius 3 is 2.93 bits per heavy atom. The summed E-state index contributed by atoms with van der Waals surface area (Å²) in [4.78, 5) is 24.6. The highest BCUT2D eigenvalue weighted by Gasteiger charge is 2.11. The summed E-state index contributed by atoms with van der Waals surface area (Å²) in [5.41, 5.74) is 4.44. The molecule has 2 aromatic carbocycles. The molecule has 8 nitrogen and oxygen atoms in total. The number of hydrazone groups is 1. The van der Waals surface area contributed by atoms with Crippen LogP contribution < -0.4 is 15.6 Å². The van der Waals surface area contributed by atoms with Gasteiger partial charge in [0.05, 0.1) is 28.9 Å². The van der Waals surface area contributed by atoms with Crippen molar-refractivity contribution in [3.05, 3.63) is 82.3 Å². The minimum absolute atomic E-state index is 0.227. The number of amides is 1. The van der Waals surface area contributed by atoms with Gasteiger partial charge in [-0.2, -0.15) is 5.10 Å². The van der Waals surface area contributed by atoms with Crippen molar-refractivity contribution >= 4 is 23.1 Å². The van der Waals surface area contributed by atoms with Crippen LogP contribution in [0.5, 0.6) is 5.75 Å². The van der Waals surface area contributed by atoms with E-state index < -0.39 is 5.91 Å². The second kappa shape index (κ2) is 8.44. The van der Waals surface area contributed by atoms with Gasteiger partial charge in [0.15, 0.2) is 12.4 Å². The molecule has 8 heteroatoms. The Bertz CT molecular complexity index is 1280. The van der Waals surface area contributed by atoms with Crippen molar-refractivity contribution in [3.8, 4) is 17.1 Å². The Hall–Kier alpha value is -4.20. The van der Waals surface area contributed by atoms with E-state index in [2.05, 4.69) is 15.7 Å². The average molecular weight is 403 g/mol. The van der Waals surface area contributed by atoms with Crippen LogP contribution >= 0.6 is 0 Å². The predicted molar refractivity (Wildman–Crippen MR) is 110 cm³/mol. The normalized spacial score (nSPS) is 11.1. The van der Waals surface area contributed by atoms with Crippen molar-refractivity contribution < 1.29 is 18.5 Å². The summed E-state index contributed by atoms with van der Waals surface area (Å²) >= 11 is 0. The second-order valence-corrected chi connectivity index (χ2v) is 6.47. The van der Waals surface area contributed by atoms with E-state index in [1.165, 1.54) is 18.7 Å². The first-order valence-electron chi connectivity index (χ1n) is 9.09. The van der Waals surface area contributed by atoms with E-state index in [-0.39, 0.29) is 17.6 Å². The molecule has 30 heavy (non-hydrogen) atoms. The number of aromatic nitrogens is 1. The SMILES string of the molecule is Cc1ccc2occ(/C=N/NC(=O)COc3ccccc3-c3ccno3)c(=O)c2c1. The fourth-order valence-electron chi connectivity index (χ4n) is 2.85. The maximum atomic E-state index is 12.5. The number of ether oxygens (including phenoxy) is 1. The number of rotatable bonds is 6. The van der Waals surface area contributed by atoms with E-state index in [4.69, 9.17) is 13.7 Å². The van der Waals surface area contributed by atoms with Crippen molar-refractivity contribution in [1.82, 2.24) is 10.6 Å². The summed E-state index contributed by atoms with van der Waals surface area (Å²) in [7, 11) is 0. The third kappa shape index (κ3) is 4.12. The molecule has 0 aliphatic rings. The van der Waals surface area contributed by atoms with Gasteiger partial charge in [0, 0.05) is 6.07 Å². The maximum absolute atomic E-state index is 12.5. The molecule has 1 N–H and O–H groups in total. The molecule has 4 aromatic rings. The average Bonchev–Trinajstić information content (AvgIpc) is 3.29. The largest absolute Gasteiger partial charge is 0.483 e. The van der Waals surface area contributed by atoms with Gasteiger partial charge in [0.2, 0.25) is 5.43 Å². The molecule has 150 valence electrons. The monoisotopic (exact) mass is 403 g/mol. The molecule has 0 fully saturated rings. The fraction of sp³-hybridized carbons (Fsp3) is 0.0909. The van der Waals surface area contributed by atoms with Crippen molar-refractivity contribution in [2.75, 3.05) is 6.61 Å². The van der Waals surface area contributed by atoms with Gasteiger partial charge < -0.3 is 13.7 Å². The summed E-state index contributed by atoms with van der Waals surface area (Å²) in [6, 6.07) is 14.2. The molecule has 0 saturated heterocycles. The first-order chi connectivity index (χ1) is 14.6. The van der Waals surface area contributed by atoms with Gasteiger partial charge in [-0.1, -0.05) is 28.9 Å². The Morgan fingerprint density at radius 1 is 1.23 bits per heavy atom. The van der Waals surface area contributed by atoms with Gasteiger partial charge in [0.25, 0.3) is 5.91 Å². The highest BCUT2D eigenvalue weighted by molar-refractivity contribution is 5.87. The topological polar surface area (TPSA) is 107 Å². The van der Waals surface area contributed by atoms with Gasteiger partial charge in [-0.15, -0.1) is 0 Å². The molecule has 2 aromatic heterocycles. The molecule has 0 unspecified atom stereocenters. The van der Waals surface area contributed by atoms with Crippen LogP contribution in [0.1, 0.15) is 11.1 Å². The molecule has 4 rings (SSSR count). The Kier molecular flexibility index (Phi) is 5.38.